The summed E-state index contributed by atoms with van der Waals surface area (Å²) in [5, 5.41) is 9.83. The number of nitrogens with zero attached hydrogens (tertiary/aromatic N) is 4. The van der Waals surface area contributed by atoms with Gasteiger partial charge >= 0.3 is 0 Å². The first-order chi connectivity index (χ1) is 23.6. The number of benzene rings is 2. The van der Waals surface area contributed by atoms with Gasteiger partial charge in [0.25, 0.3) is 5.91 Å². The predicted octanol–water partition coefficient (Wildman–Crippen LogP) is 5.06. The average Bonchev–Trinajstić information content (AvgIpc) is 3.62. The number of carbonyl (C=O) groups is 3. The fourth-order valence-electron chi connectivity index (χ4n) is 8.42. The Morgan fingerprint density at radius 2 is 1.51 bits per heavy atom. The molecule has 2 aromatic carbocycles. The quantitative estimate of drug-likeness (QED) is 0.249. The molecule has 0 aliphatic carbocycles. The minimum Gasteiger partial charge on any atom is -0.494 e. The third-order valence-corrected chi connectivity index (χ3v) is 10.8. The van der Waals surface area contributed by atoms with Crippen molar-refractivity contribution in [1.29, 1.82) is 0 Å². The molecular weight excluding hydrogens is 620 g/mol. The second kappa shape index (κ2) is 14.8. The third-order valence-electron chi connectivity index (χ3n) is 10.8. The largest absolute Gasteiger partial charge is 0.494 e. The van der Waals surface area contributed by atoms with E-state index in [1.54, 1.807) is 26.9 Å². The van der Waals surface area contributed by atoms with Crippen LogP contribution in [0.15, 0.2) is 73.8 Å². The Morgan fingerprint density at radius 3 is 2.04 bits per heavy atom. The van der Waals surface area contributed by atoms with Crippen LogP contribution in [0.1, 0.15) is 47.5 Å². The number of likely N-dealkylation sites (tertiary alicyclic amines) is 1. The molecule has 0 aromatic heterocycles. The second-order valence-corrected chi connectivity index (χ2v) is 13.4. The summed E-state index contributed by atoms with van der Waals surface area (Å²) in [5.74, 6) is -1.97. The lowest BCUT2D eigenvalue weighted by atomic mass is 9.62. The van der Waals surface area contributed by atoms with Gasteiger partial charge in [-0.15, -0.1) is 13.2 Å². The molecule has 10 nitrogen and oxygen atoms in total. The highest BCUT2D eigenvalue weighted by molar-refractivity contribution is 6.07. The van der Waals surface area contributed by atoms with Gasteiger partial charge in [-0.3, -0.25) is 14.4 Å². The predicted molar refractivity (Wildman–Crippen MR) is 193 cm³/mol. The standard InChI is InChI=1S/C39H52N4O6/c1-8-22-41(30-18-20-31(21-19-30)48-12-5)35(45)32-33-36(46)43(24-13-25-44)34(39(33)26-27(6)38(32,7)49-39)37(47)42(23-9-2)29-16-14-28(15-17-29)40(10-3)11-4/h8-9,14-21,27,32-34,44H,1-2,10-13,22-26H2,3-7H3/t27?,32-,33+,34?,38+,39?/m1/s1. The van der Waals surface area contributed by atoms with E-state index in [4.69, 9.17) is 9.47 Å². The van der Waals surface area contributed by atoms with Crippen LogP contribution in [0.2, 0.25) is 0 Å². The van der Waals surface area contributed by atoms with Gasteiger partial charge in [-0.2, -0.15) is 0 Å². The molecule has 3 aliphatic rings. The summed E-state index contributed by atoms with van der Waals surface area (Å²) in [5.41, 5.74) is 0.177. The van der Waals surface area contributed by atoms with E-state index in [1.165, 1.54) is 0 Å². The molecule has 3 aliphatic heterocycles. The molecule has 2 aromatic rings. The first kappa shape index (κ1) is 36.1. The normalized spacial score (nSPS) is 26.7. The van der Waals surface area contributed by atoms with Gasteiger partial charge in [-0.1, -0.05) is 19.1 Å². The van der Waals surface area contributed by atoms with Gasteiger partial charge in [0, 0.05) is 56.4 Å². The second-order valence-electron chi connectivity index (χ2n) is 13.4. The van der Waals surface area contributed by atoms with Gasteiger partial charge in [-0.05, 0) is 95.0 Å². The summed E-state index contributed by atoms with van der Waals surface area (Å²) in [4.78, 5) is 51.5. The minimum atomic E-state index is -1.22. The zero-order valence-electron chi connectivity index (χ0n) is 29.6. The van der Waals surface area contributed by atoms with Crippen LogP contribution >= 0.6 is 0 Å². The zero-order chi connectivity index (χ0) is 35.5. The van der Waals surface area contributed by atoms with Crippen molar-refractivity contribution in [3.05, 3.63) is 73.8 Å². The highest BCUT2D eigenvalue weighted by Crippen LogP contribution is 2.65. The van der Waals surface area contributed by atoms with Crippen molar-refractivity contribution in [2.75, 3.05) is 60.6 Å². The molecule has 10 heteroatoms. The highest BCUT2D eigenvalue weighted by Gasteiger charge is 2.80. The van der Waals surface area contributed by atoms with Crippen LogP contribution in [0, 0.1) is 17.8 Å². The lowest BCUT2D eigenvalue weighted by Gasteiger charge is -2.39. The van der Waals surface area contributed by atoms with Crippen LogP contribution in [0.5, 0.6) is 5.75 Å². The maximum Gasteiger partial charge on any atom is 0.253 e. The summed E-state index contributed by atoms with van der Waals surface area (Å²) in [7, 11) is 0. The first-order valence-corrected chi connectivity index (χ1v) is 17.6. The smallest absolute Gasteiger partial charge is 0.253 e. The molecule has 1 spiro atoms. The summed E-state index contributed by atoms with van der Waals surface area (Å²) in [6.45, 7) is 20.6. The van der Waals surface area contributed by atoms with Crippen LogP contribution in [-0.2, 0) is 19.1 Å². The van der Waals surface area contributed by atoms with Gasteiger partial charge in [0.15, 0.2) is 0 Å². The van der Waals surface area contributed by atoms with E-state index < -0.39 is 29.1 Å². The maximum absolute atomic E-state index is 15.0. The van der Waals surface area contributed by atoms with Crippen LogP contribution in [0.25, 0.3) is 0 Å². The lowest BCUT2D eigenvalue weighted by molar-refractivity contribution is -0.146. The fraction of sp³-hybridized carbons (Fsp3) is 0.513. The van der Waals surface area contributed by atoms with Crippen LogP contribution < -0.4 is 19.4 Å². The van der Waals surface area contributed by atoms with Crippen LogP contribution in [0.4, 0.5) is 17.1 Å². The van der Waals surface area contributed by atoms with Crippen molar-refractivity contribution < 1.29 is 29.0 Å². The van der Waals surface area contributed by atoms with E-state index in [2.05, 4.69) is 31.9 Å². The average molecular weight is 673 g/mol. The molecule has 264 valence electrons. The van der Waals surface area contributed by atoms with E-state index in [-0.39, 0.29) is 49.9 Å². The molecule has 0 saturated carbocycles. The van der Waals surface area contributed by atoms with Gasteiger partial charge in [-0.25, -0.2) is 0 Å². The van der Waals surface area contributed by atoms with Gasteiger partial charge < -0.3 is 34.2 Å². The number of ether oxygens (including phenoxy) is 2. The number of aliphatic hydroxyl groups is 1. The Kier molecular flexibility index (Phi) is 10.9. The Labute approximate surface area is 290 Å². The Balaban J connectivity index is 1.56. The SMILES string of the molecule is C=CCN(C(=O)C1N(CCCO)C(=O)[C@@H]2[C@H](C(=O)N(CC=C)c3ccc(OCC)cc3)[C@@]3(C)OC12CC3C)c1ccc(N(CC)CC)cc1. The van der Waals surface area contributed by atoms with Crippen molar-refractivity contribution >= 4 is 34.8 Å². The van der Waals surface area contributed by atoms with E-state index in [0.29, 0.717) is 36.6 Å². The molecule has 3 unspecified atom stereocenters. The van der Waals surface area contributed by atoms with Crippen molar-refractivity contribution in [3.8, 4) is 5.75 Å². The summed E-state index contributed by atoms with van der Waals surface area (Å²) in [6, 6.07) is 14.2. The van der Waals surface area contributed by atoms with Crippen molar-refractivity contribution in [2.45, 2.75) is 64.7 Å². The molecule has 3 fully saturated rings. The molecule has 49 heavy (non-hydrogen) atoms. The molecule has 3 saturated heterocycles. The number of anilines is 3. The maximum atomic E-state index is 15.0. The lowest BCUT2D eigenvalue weighted by Crippen LogP contribution is -2.57. The molecule has 5 rings (SSSR count). The van der Waals surface area contributed by atoms with Crippen molar-refractivity contribution in [1.82, 2.24) is 4.90 Å². The number of amides is 3. The Bertz CT molecular complexity index is 1520. The first-order valence-electron chi connectivity index (χ1n) is 17.6. The topological polar surface area (TPSA) is 103 Å². The number of fused-ring (bicyclic) bond motifs is 1. The molecular formula is C39H52N4O6. The van der Waals surface area contributed by atoms with Crippen molar-refractivity contribution in [3.63, 3.8) is 0 Å². The number of rotatable bonds is 16. The molecule has 3 heterocycles. The van der Waals surface area contributed by atoms with Crippen LogP contribution in [0.3, 0.4) is 0 Å². The van der Waals surface area contributed by atoms with E-state index >= 15 is 0 Å². The molecule has 3 amide bonds. The van der Waals surface area contributed by atoms with E-state index in [0.717, 1.165) is 18.8 Å². The number of aliphatic hydroxyl groups excluding tert-OH is 1. The molecule has 2 bridgehead atoms. The highest BCUT2D eigenvalue weighted by atomic mass is 16.5. The van der Waals surface area contributed by atoms with E-state index in [9.17, 15) is 19.5 Å². The monoisotopic (exact) mass is 672 g/mol. The number of carbonyl (C=O) groups excluding carboxylic acids is 3. The number of hydrogen-bond acceptors (Lipinski definition) is 7. The van der Waals surface area contributed by atoms with Gasteiger partial charge in [0.05, 0.1) is 24.0 Å². The fourth-order valence-corrected chi connectivity index (χ4v) is 8.42. The summed E-state index contributed by atoms with van der Waals surface area (Å²) >= 11 is 0. The minimum absolute atomic E-state index is 0.120. The Morgan fingerprint density at radius 1 is 0.959 bits per heavy atom. The van der Waals surface area contributed by atoms with E-state index in [1.807, 2.05) is 69.3 Å². The third kappa shape index (κ3) is 6.14. The van der Waals surface area contributed by atoms with Gasteiger partial charge in [0.2, 0.25) is 11.8 Å². The van der Waals surface area contributed by atoms with Gasteiger partial charge in [0.1, 0.15) is 17.4 Å². The molecule has 1 N–H and O–H groups in total. The Hall–Kier alpha value is -4.15. The molecule has 6 atom stereocenters. The van der Waals surface area contributed by atoms with Crippen molar-refractivity contribution in [2.24, 2.45) is 17.8 Å². The summed E-state index contributed by atoms with van der Waals surface area (Å²) in [6.07, 6.45) is 4.08. The summed E-state index contributed by atoms with van der Waals surface area (Å²) < 4.78 is 12.6. The number of hydrogen-bond donors (Lipinski definition) is 1. The van der Waals surface area contributed by atoms with Crippen LogP contribution in [-0.4, -0.2) is 90.9 Å². The zero-order valence-corrected chi connectivity index (χ0v) is 29.6. The molecule has 0 radical (unpaired) electrons.